The minimum Gasteiger partial charge on any atom is -0.326 e. The van der Waals surface area contributed by atoms with Crippen molar-refractivity contribution >= 4 is 22.5 Å². The highest BCUT2D eigenvalue weighted by Gasteiger charge is 2.42. The third kappa shape index (κ3) is 4.05. The van der Waals surface area contributed by atoms with Crippen LogP contribution in [-0.2, 0) is 17.9 Å². The first-order valence-electron chi connectivity index (χ1n) is 9.35. The van der Waals surface area contributed by atoms with Gasteiger partial charge in [0.2, 0.25) is 0 Å². The molecule has 160 valence electrons. The quantitative estimate of drug-likeness (QED) is 0.456. The molecule has 0 saturated carbocycles. The molecule has 0 radical (unpaired) electrons. The Balaban J connectivity index is 1.79. The Morgan fingerprint density at radius 1 is 1.03 bits per heavy atom. The van der Waals surface area contributed by atoms with Crippen LogP contribution in [0.1, 0.15) is 22.3 Å². The molecule has 0 N–H and O–H groups in total. The van der Waals surface area contributed by atoms with E-state index in [1.807, 2.05) is 26.0 Å². The topological polar surface area (TPSA) is 63.4 Å². The van der Waals surface area contributed by atoms with E-state index >= 15 is 0 Å². The Morgan fingerprint density at radius 3 is 2.39 bits per heavy atom. The van der Waals surface area contributed by atoms with Crippen molar-refractivity contribution in [3.8, 4) is 0 Å². The first-order chi connectivity index (χ1) is 14.6. The van der Waals surface area contributed by atoms with Crippen LogP contribution in [0.5, 0.6) is 0 Å². The van der Waals surface area contributed by atoms with Crippen LogP contribution in [0.15, 0.2) is 42.5 Å². The number of benzene rings is 2. The molecule has 0 atom stereocenters. The molecule has 0 saturated heterocycles. The number of amides is 1. The largest absolute Gasteiger partial charge is 0.471 e. The van der Waals surface area contributed by atoms with Gasteiger partial charge in [0.1, 0.15) is 5.82 Å². The summed E-state index contributed by atoms with van der Waals surface area (Å²) in [4.78, 5) is 12.8. The molecule has 0 spiro atoms. The summed E-state index contributed by atoms with van der Waals surface area (Å²) in [6.45, 7) is 3.14. The van der Waals surface area contributed by atoms with E-state index in [0.717, 1.165) is 28.6 Å². The predicted octanol–water partition coefficient (Wildman–Crippen LogP) is 4.12. The molecule has 10 heteroatoms. The SMILES string of the molecule is Cc1cc2cc(CN(Cc3ccc(F)cc3)C(=O)C(F)(F)F)c3nnnn3c2cc1C. The van der Waals surface area contributed by atoms with E-state index in [0.29, 0.717) is 21.5 Å². The number of aryl methyl sites for hydroxylation is 2. The van der Waals surface area contributed by atoms with Crippen molar-refractivity contribution in [2.75, 3.05) is 0 Å². The molecule has 4 rings (SSSR count). The smallest absolute Gasteiger partial charge is 0.326 e. The van der Waals surface area contributed by atoms with Crippen LogP contribution >= 0.6 is 0 Å². The number of carbonyl (C=O) groups excluding carboxylic acids is 1. The van der Waals surface area contributed by atoms with Gasteiger partial charge in [-0.15, -0.1) is 5.10 Å². The van der Waals surface area contributed by atoms with Gasteiger partial charge in [-0.25, -0.2) is 4.39 Å². The molecule has 2 aromatic heterocycles. The van der Waals surface area contributed by atoms with Gasteiger partial charge in [0.05, 0.1) is 12.1 Å². The molecule has 2 aromatic carbocycles. The van der Waals surface area contributed by atoms with E-state index in [4.69, 9.17) is 0 Å². The second kappa shape index (κ2) is 7.60. The number of nitrogens with zero attached hydrogens (tertiary/aromatic N) is 5. The average Bonchev–Trinajstić information content (AvgIpc) is 3.20. The van der Waals surface area contributed by atoms with E-state index in [9.17, 15) is 22.4 Å². The van der Waals surface area contributed by atoms with E-state index in [2.05, 4.69) is 15.5 Å². The van der Waals surface area contributed by atoms with E-state index in [1.165, 1.54) is 16.6 Å². The van der Waals surface area contributed by atoms with Crippen LogP contribution in [0, 0.1) is 19.7 Å². The minimum absolute atomic E-state index is 0.259. The lowest BCUT2D eigenvalue weighted by molar-refractivity contribution is -0.186. The number of tetrazole rings is 1. The van der Waals surface area contributed by atoms with Gasteiger partial charge >= 0.3 is 12.1 Å². The van der Waals surface area contributed by atoms with Gasteiger partial charge in [-0.3, -0.25) is 4.79 Å². The first-order valence-corrected chi connectivity index (χ1v) is 9.35. The van der Waals surface area contributed by atoms with Crippen molar-refractivity contribution < 1.29 is 22.4 Å². The fourth-order valence-electron chi connectivity index (χ4n) is 3.44. The Labute approximate surface area is 174 Å². The average molecular weight is 431 g/mol. The second-order valence-corrected chi connectivity index (χ2v) is 7.36. The van der Waals surface area contributed by atoms with Crippen LogP contribution in [0.2, 0.25) is 0 Å². The Kier molecular flexibility index (Phi) is 5.08. The number of alkyl halides is 3. The Hall–Kier alpha value is -3.56. The summed E-state index contributed by atoms with van der Waals surface area (Å²) in [7, 11) is 0. The number of rotatable bonds is 4. The maximum atomic E-state index is 13.3. The van der Waals surface area contributed by atoms with Crippen LogP contribution in [0.4, 0.5) is 17.6 Å². The fourth-order valence-corrected chi connectivity index (χ4v) is 3.44. The number of carbonyl (C=O) groups is 1. The molecular weight excluding hydrogens is 414 g/mol. The highest BCUT2D eigenvalue weighted by molar-refractivity contribution is 5.85. The van der Waals surface area contributed by atoms with Gasteiger partial charge in [-0.05, 0) is 71.3 Å². The zero-order valence-electron chi connectivity index (χ0n) is 16.6. The summed E-state index contributed by atoms with van der Waals surface area (Å²) in [5.41, 5.74) is 3.71. The van der Waals surface area contributed by atoms with Gasteiger partial charge in [0.25, 0.3) is 0 Å². The number of hydrogen-bond donors (Lipinski definition) is 0. The van der Waals surface area contributed by atoms with Gasteiger partial charge in [0.15, 0.2) is 5.65 Å². The third-order valence-corrected chi connectivity index (χ3v) is 5.14. The lowest BCUT2D eigenvalue weighted by Crippen LogP contribution is -2.40. The van der Waals surface area contributed by atoms with Crippen molar-refractivity contribution in [3.63, 3.8) is 0 Å². The second-order valence-electron chi connectivity index (χ2n) is 7.36. The third-order valence-electron chi connectivity index (χ3n) is 5.14. The van der Waals surface area contributed by atoms with Crippen LogP contribution in [-0.4, -0.2) is 37.0 Å². The van der Waals surface area contributed by atoms with Crippen molar-refractivity contribution in [1.29, 1.82) is 0 Å². The summed E-state index contributed by atoms with van der Waals surface area (Å²) in [6.07, 6.45) is -5.06. The van der Waals surface area contributed by atoms with Gasteiger partial charge in [0, 0.05) is 17.5 Å². The van der Waals surface area contributed by atoms with E-state index in [1.54, 1.807) is 6.07 Å². The zero-order chi connectivity index (χ0) is 22.3. The van der Waals surface area contributed by atoms with Crippen LogP contribution < -0.4 is 0 Å². The summed E-state index contributed by atoms with van der Waals surface area (Å²) < 4.78 is 54.5. The lowest BCUT2D eigenvalue weighted by Gasteiger charge is -2.24. The number of aromatic nitrogens is 4. The molecule has 0 aliphatic carbocycles. The number of hydrogen-bond acceptors (Lipinski definition) is 4. The maximum Gasteiger partial charge on any atom is 0.471 e. The molecule has 31 heavy (non-hydrogen) atoms. The Bertz CT molecular complexity index is 1280. The normalized spacial score (nSPS) is 11.9. The molecule has 0 aliphatic heterocycles. The number of fused-ring (bicyclic) bond motifs is 3. The van der Waals surface area contributed by atoms with Gasteiger partial charge in [-0.1, -0.05) is 12.1 Å². The zero-order valence-corrected chi connectivity index (χ0v) is 16.6. The lowest BCUT2D eigenvalue weighted by atomic mass is 10.0. The van der Waals surface area contributed by atoms with Crippen molar-refractivity contribution in [3.05, 3.63) is 70.5 Å². The van der Waals surface area contributed by atoms with E-state index < -0.39 is 17.9 Å². The van der Waals surface area contributed by atoms with Crippen LogP contribution in [0.3, 0.4) is 0 Å². The molecule has 6 nitrogen and oxygen atoms in total. The molecule has 0 unspecified atom stereocenters. The van der Waals surface area contributed by atoms with E-state index in [-0.39, 0.29) is 18.7 Å². The highest BCUT2D eigenvalue weighted by Crippen LogP contribution is 2.26. The molecule has 0 bridgehead atoms. The molecule has 0 fully saturated rings. The predicted molar refractivity (Wildman–Crippen MR) is 104 cm³/mol. The van der Waals surface area contributed by atoms with Crippen molar-refractivity contribution in [1.82, 2.24) is 24.9 Å². The summed E-state index contributed by atoms with van der Waals surface area (Å²) >= 11 is 0. The summed E-state index contributed by atoms with van der Waals surface area (Å²) in [6, 6.07) is 10.4. The van der Waals surface area contributed by atoms with Crippen molar-refractivity contribution in [2.24, 2.45) is 0 Å². The van der Waals surface area contributed by atoms with Gasteiger partial charge < -0.3 is 4.90 Å². The summed E-state index contributed by atoms with van der Waals surface area (Å²) in [5, 5.41) is 12.3. The molecular formula is C21H17F4N5O. The molecule has 4 aromatic rings. The Morgan fingerprint density at radius 2 is 1.71 bits per heavy atom. The maximum absolute atomic E-state index is 13.3. The fraction of sp³-hybridized carbons (Fsp3) is 0.238. The van der Waals surface area contributed by atoms with Crippen molar-refractivity contribution in [2.45, 2.75) is 33.1 Å². The van der Waals surface area contributed by atoms with Gasteiger partial charge in [-0.2, -0.15) is 17.7 Å². The van der Waals surface area contributed by atoms with Crippen LogP contribution in [0.25, 0.3) is 16.6 Å². The monoisotopic (exact) mass is 431 g/mol. The first kappa shape index (κ1) is 20.7. The molecule has 0 aliphatic rings. The number of halogens is 4. The molecule has 1 amide bonds. The number of pyridine rings is 1. The summed E-state index contributed by atoms with van der Waals surface area (Å²) in [5.74, 6) is -2.52. The molecule has 2 heterocycles. The highest BCUT2D eigenvalue weighted by atomic mass is 19.4. The minimum atomic E-state index is -5.06. The standard InChI is InChI=1S/C21H17F4N5O/c1-12-7-15-9-16(19-26-27-28-30(19)18(15)8-13(12)2)11-29(20(31)21(23,24)25)10-14-3-5-17(22)6-4-14/h3-9H,10-11H2,1-2H3.